The van der Waals surface area contributed by atoms with Crippen molar-refractivity contribution in [2.24, 2.45) is 0 Å². The average Bonchev–Trinajstić information content (AvgIpc) is 2.78. The number of carbonyl (C=O) groups is 4. The summed E-state index contributed by atoms with van der Waals surface area (Å²) < 4.78 is 20.7. The third kappa shape index (κ3) is 6.51. The monoisotopic (exact) mass is 448 g/mol. The summed E-state index contributed by atoms with van der Waals surface area (Å²) >= 11 is 0. The molecule has 3 rings (SSSR count). The van der Waals surface area contributed by atoms with Gasteiger partial charge >= 0.3 is 23.9 Å². The zero-order valence-corrected chi connectivity index (χ0v) is 17.9. The van der Waals surface area contributed by atoms with Gasteiger partial charge in [0.2, 0.25) is 0 Å². The van der Waals surface area contributed by atoms with Crippen LogP contribution >= 0.6 is 0 Å². The number of carbonyl (C=O) groups excluding carboxylic acids is 4. The van der Waals surface area contributed by atoms with Crippen molar-refractivity contribution in [2.45, 2.75) is 20.5 Å². The lowest BCUT2D eigenvalue weighted by Gasteiger charge is -2.10. The lowest BCUT2D eigenvalue weighted by atomic mass is 10.2. The van der Waals surface area contributed by atoms with Crippen LogP contribution in [0.25, 0.3) is 0 Å². The van der Waals surface area contributed by atoms with E-state index in [1.54, 1.807) is 48.5 Å². The predicted molar refractivity (Wildman–Crippen MR) is 116 cm³/mol. The first-order valence-electron chi connectivity index (χ1n) is 9.86. The van der Waals surface area contributed by atoms with Crippen LogP contribution in [0.3, 0.4) is 0 Å². The normalized spacial score (nSPS) is 10.1. The van der Waals surface area contributed by atoms with E-state index in [0.717, 1.165) is 0 Å². The molecule has 0 fully saturated rings. The molecule has 0 aliphatic carbocycles. The Balaban J connectivity index is 1.61. The SMILES string of the molecule is CC(=O)Oc1ccccc1C(=O)OCc1ccc(OC(=O)c2ccccc2OC(C)=O)cc1. The zero-order chi connectivity index (χ0) is 23.8. The van der Waals surface area contributed by atoms with Gasteiger partial charge in [-0.3, -0.25) is 9.59 Å². The minimum absolute atomic E-state index is 0.0449. The molecule has 0 spiro atoms. The Hall–Kier alpha value is -4.46. The Morgan fingerprint density at radius 2 is 1.09 bits per heavy atom. The topological polar surface area (TPSA) is 105 Å². The maximum Gasteiger partial charge on any atom is 0.347 e. The van der Waals surface area contributed by atoms with Gasteiger partial charge in [0.05, 0.1) is 0 Å². The molecule has 0 aromatic heterocycles. The zero-order valence-electron chi connectivity index (χ0n) is 17.9. The molecule has 0 N–H and O–H groups in total. The predicted octanol–water partition coefficient (Wildman–Crippen LogP) is 4.11. The second-order valence-corrected chi connectivity index (χ2v) is 6.79. The van der Waals surface area contributed by atoms with Crippen molar-refractivity contribution in [3.63, 3.8) is 0 Å². The number of esters is 4. The summed E-state index contributed by atoms with van der Waals surface area (Å²) in [5, 5.41) is 0. The van der Waals surface area contributed by atoms with Crippen LogP contribution in [0.2, 0.25) is 0 Å². The van der Waals surface area contributed by atoms with Gasteiger partial charge in [-0.25, -0.2) is 9.59 Å². The Kier molecular flexibility index (Phi) is 7.54. The molecule has 3 aromatic rings. The molecule has 0 aliphatic heterocycles. The van der Waals surface area contributed by atoms with Crippen molar-refractivity contribution in [1.29, 1.82) is 0 Å². The summed E-state index contributed by atoms with van der Waals surface area (Å²) in [6.07, 6.45) is 0. The molecule has 0 saturated carbocycles. The minimum atomic E-state index is -0.687. The Morgan fingerprint density at radius 3 is 1.61 bits per heavy atom. The Labute approximate surface area is 189 Å². The molecule has 0 aliphatic rings. The fourth-order valence-corrected chi connectivity index (χ4v) is 2.80. The highest BCUT2D eigenvalue weighted by Gasteiger charge is 2.17. The first-order valence-corrected chi connectivity index (χ1v) is 9.86. The molecule has 0 heterocycles. The maximum atomic E-state index is 12.5. The van der Waals surface area contributed by atoms with Crippen LogP contribution in [-0.2, 0) is 20.9 Å². The van der Waals surface area contributed by atoms with E-state index in [4.69, 9.17) is 18.9 Å². The van der Waals surface area contributed by atoms with E-state index in [1.165, 1.54) is 38.1 Å². The lowest BCUT2D eigenvalue weighted by Crippen LogP contribution is -2.12. The fraction of sp³-hybridized carbons (Fsp3) is 0.120. The van der Waals surface area contributed by atoms with Crippen molar-refractivity contribution in [2.75, 3.05) is 0 Å². The van der Waals surface area contributed by atoms with Crippen molar-refractivity contribution < 1.29 is 38.1 Å². The number of para-hydroxylation sites is 2. The van der Waals surface area contributed by atoms with Crippen LogP contribution in [0.5, 0.6) is 17.2 Å². The van der Waals surface area contributed by atoms with Gasteiger partial charge in [0.1, 0.15) is 35.0 Å². The first kappa shape index (κ1) is 23.2. The molecule has 3 aromatic carbocycles. The van der Waals surface area contributed by atoms with E-state index in [0.29, 0.717) is 5.56 Å². The van der Waals surface area contributed by atoms with Crippen LogP contribution in [0.15, 0.2) is 72.8 Å². The molecule has 8 heteroatoms. The molecule has 33 heavy (non-hydrogen) atoms. The van der Waals surface area contributed by atoms with E-state index in [1.807, 2.05) is 0 Å². The highest BCUT2D eigenvalue weighted by Crippen LogP contribution is 2.22. The van der Waals surface area contributed by atoms with Gasteiger partial charge in [-0.15, -0.1) is 0 Å². The van der Waals surface area contributed by atoms with Gasteiger partial charge in [0, 0.05) is 13.8 Å². The number of ether oxygens (including phenoxy) is 4. The van der Waals surface area contributed by atoms with Crippen molar-refractivity contribution in [1.82, 2.24) is 0 Å². The standard InChI is InChI=1S/C25H20O8/c1-16(26)31-22-9-5-3-7-20(22)24(28)30-15-18-11-13-19(14-12-18)33-25(29)21-8-4-6-10-23(21)32-17(2)27/h3-14H,15H2,1-2H3. The Bertz CT molecular complexity index is 1180. The third-order valence-electron chi connectivity index (χ3n) is 4.23. The van der Waals surface area contributed by atoms with Crippen LogP contribution in [0.1, 0.15) is 40.1 Å². The highest BCUT2D eigenvalue weighted by molar-refractivity contribution is 5.95. The maximum absolute atomic E-state index is 12.5. The van der Waals surface area contributed by atoms with Crippen molar-refractivity contribution >= 4 is 23.9 Å². The highest BCUT2D eigenvalue weighted by atomic mass is 16.6. The largest absolute Gasteiger partial charge is 0.457 e. The lowest BCUT2D eigenvalue weighted by molar-refractivity contribution is -0.132. The van der Waals surface area contributed by atoms with E-state index in [-0.39, 0.29) is 35.0 Å². The summed E-state index contributed by atoms with van der Waals surface area (Å²) in [5.74, 6) is -1.95. The molecular weight excluding hydrogens is 428 g/mol. The van der Waals surface area contributed by atoms with Crippen molar-refractivity contribution in [3.8, 4) is 17.2 Å². The molecule has 0 unspecified atom stereocenters. The van der Waals surface area contributed by atoms with Crippen LogP contribution in [-0.4, -0.2) is 23.9 Å². The van der Waals surface area contributed by atoms with E-state index < -0.39 is 23.9 Å². The van der Waals surface area contributed by atoms with Crippen LogP contribution in [0.4, 0.5) is 0 Å². The van der Waals surface area contributed by atoms with Gasteiger partial charge in [0.15, 0.2) is 0 Å². The minimum Gasteiger partial charge on any atom is -0.457 e. The summed E-state index contributed by atoms with van der Waals surface area (Å²) in [6, 6.07) is 18.9. The second kappa shape index (κ2) is 10.7. The number of rotatable bonds is 7. The summed E-state index contributed by atoms with van der Waals surface area (Å²) in [6.45, 7) is 2.44. The Morgan fingerprint density at radius 1 is 0.606 bits per heavy atom. The second-order valence-electron chi connectivity index (χ2n) is 6.79. The number of hydrogen-bond acceptors (Lipinski definition) is 8. The molecule has 0 radical (unpaired) electrons. The molecule has 0 saturated heterocycles. The average molecular weight is 448 g/mol. The van der Waals surface area contributed by atoms with Gasteiger partial charge in [0.25, 0.3) is 0 Å². The molecule has 168 valence electrons. The number of benzene rings is 3. The van der Waals surface area contributed by atoms with Crippen LogP contribution < -0.4 is 14.2 Å². The number of hydrogen-bond donors (Lipinski definition) is 0. The summed E-state index contributed by atoms with van der Waals surface area (Å²) in [5.41, 5.74) is 0.885. The van der Waals surface area contributed by atoms with E-state index >= 15 is 0 Å². The molecule has 8 nitrogen and oxygen atoms in total. The molecular formula is C25H20O8. The van der Waals surface area contributed by atoms with Gasteiger partial charge in [-0.05, 0) is 42.0 Å². The fourth-order valence-electron chi connectivity index (χ4n) is 2.80. The van der Waals surface area contributed by atoms with Gasteiger partial charge in [-0.1, -0.05) is 36.4 Å². The smallest absolute Gasteiger partial charge is 0.347 e. The molecule has 0 amide bonds. The molecule has 0 atom stereocenters. The van der Waals surface area contributed by atoms with Crippen LogP contribution in [0, 0.1) is 0 Å². The molecule has 0 bridgehead atoms. The quantitative estimate of drug-likeness (QED) is 0.393. The van der Waals surface area contributed by atoms with E-state index in [2.05, 4.69) is 0 Å². The summed E-state index contributed by atoms with van der Waals surface area (Å²) in [4.78, 5) is 47.3. The van der Waals surface area contributed by atoms with Gasteiger partial charge in [-0.2, -0.15) is 0 Å². The third-order valence-corrected chi connectivity index (χ3v) is 4.23. The first-order chi connectivity index (χ1) is 15.8. The van der Waals surface area contributed by atoms with Gasteiger partial charge < -0.3 is 18.9 Å². The van der Waals surface area contributed by atoms with Crippen molar-refractivity contribution in [3.05, 3.63) is 89.5 Å². The summed E-state index contributed by atoms with van der Waals surface area (Å²) in [7, 11) is 0. The van der Waals surface area contributed by atoms with E-state index in [9.17, 15) is 19.2 Å².